The van der Waals surface area contributed by atoms with Crippen LogP contribution in [0, 0.1) is 0 Å². The van der Waals surface area contributed by atoms with Crippen LogP contribution >= 0.6 is 0 Å². The molecule has 0 atom stereocenters. The molecule has 66 valence electrons. The van der Waals surface area contributed by atoms with Gasteiger partial charge in [0.2, 0.25) is 0 Å². The summed E-state index contributed by atoms with van der Waals surface area (Å²) < 4.78 is 0. The average Bonchev–Trinajstić information content (AvgIpc) is 2.54. The lowest BCUT2D eigenvalue weighted by molar-refractivity contribution is 0.743. The van der Waals surface area contributed by atoms with Crippen molar-refractivity contribution in [1.82, 2.24) is 20.3 Å². The summed E-state index contributed by atoms with van der Waals surface area (Å²) in [6.45, 7) is 0. The van der Waals surface area contributed by atoms with Gasteiger partial charge in [0.1, 0.15) is 0 Å². The number of hydrogen-bond donors (Lipinski definition) is 2. The highest BCUT2D eigenvalue weighted by Gasteiger charge is 1.98. The van der Waals surface area contributed by atoms with Crippen molar-refractivity contribution in [3.8, 4) is 0 Å². The lowest BCUT2D eigenvalue weighted by Crippen LogP contribution is -2.13. The zero-order chi connectivity index (χ0) is 9.10. The topological polar surface area (TPSA) is 81.7 Å². The maximum absolute atomic E-state index is 5.45. The standard InChI is InChI=1S/C7H8N6/c8-7-9-11-12-13(7)10-6-4-2-1-3-5-6/h1-5,10H,(H2,8,9,12). The smallest absolute Gasteiger partial charge is 0.260 e. The molecule has 3 N–H and O–H groups in total. The van der Waals surface area contributed by atoms with E-state index in [2.05, 4.69) is 21.0 Å². The second-order valence-electron chi connectivity index (χ2n) is 2.43. The molecular formula is C7H8N6. The van der Waals surface area contributed by atoms with E-state index >= 15 is 0 Å². The fourth-order valence-electron chi connectivity index (χ4n) is 0.909. The predicted molar refractivity (Wildman–Crippen MR) is 47.7 cm³/mol. The number of aromatic nitrogens is 4. The fraction of sp³-hybridized carbons (Fsp3) is 0. The molecule has 0 unspecified atom stereocenters. The number of rotatable bonds is 2. The molecule has 0 saturated heterocycles. The van der Waals surface area contributed by atoms with Crippen LogP contribution in [0.4, 0.5) is 11.6 Å². The molecule has 13 heavy (non-hydrogen) atoms. The Hall–Kier alpha value is -2.11. The molecule has 0 fully saturated rings. The van der Waals surface area contributed by atoms with Crippen LogP contribution < -0.4 is 11.2 Å². The first-order valence-corrected chi connectivity index (χ1v) is 3.72. The molecule has 2 aromatic rings. The van der Waals surface area contributed by atoms with Gasteiger partial charge in [0.15, 0.2) is 0 Å². The molecule has 2 rings (SSSR count). The van der Waals surface area contributed by atoms with E-state index in [1.807, 2.05) is 30.3 Å². The molecule has 0 aliphatic heterocycles. The van der Waals surface area contributed by atoms with Crippen molar-refractivity contribution in [2.75, 3.05) is 11.2 Å². The first-order valence-electron chi connectivity index (χ1n) is 3.72. The molecule has 0 spiro atoms. The second kappa shape index (κ2) is 3.10. The second-order valence-corrected chi connectivity index (χ2v) is 2.43. The Labute approximate surface area is 74.3 Å². The summed E-state index contributed by atoms with van der Waals surface area (Å²) >= 11 is 0. The van der Waals surface area contributed by atoms with Crippen molar-refractivity contribution in [2.24, 2.45) is 0 Å². The molecule has 0 radical (unpaired) electrons. The van der Waals surface area contributed by atoms with E-state index < -0.39 is 0 Å². The Bertz CT molecular complexity index is 381. The van der Waals surface area contributed by atoms with Crippen molar-refractivity contribution in [3.05, 3.63) is 30.3 Å². The first-order chi connectivity index (χ1) is 6.36. The van der Waals surface area contributed by atoms with Gasteiger partial charge in [-0.05, 0) is 22.6 Å². The monoisotopic (exact) mass is 176 g/mol. The van der Waals surface area contributed by atoms with Crippen LogP contribution in [-0.2, 0) is 0 Å². The summed E-state index contributed by atoms with van der Waals surface area (Å²) in [5.74, 6) is 0.226. The van der Waals surface area contributed by atoms with Crippen molar-refractivity contribution in [2.45, 2.75) is 0 Å². The van der Waals surface area contributed by atoms with E-state index in [1.165, 1.54) is 4.79 Å². The van der Waals surface area contributed by atoms with Gasteiger partial charge in [-0.3, -0.25) is 5.43 Å². The van der Waals surface area contributed by atoms with Crippen LogP contribution in [0.3, 0.4) is 0 Å². The van der Waals surface area contributed by atoms with E-state index in [9.17, 15) is 0 Å². The van der Waals surface area contributed by atoms with Crippen LogP contribution in [0.1, 0.15) is 0 Å². The minimum Gasteiger partial charge on any atom is -0.365 e. The molecular weight excluding hydrogens is 168 g/mol. The van der Waals surface area contributed by atoms with Crippen LogP contribution in [0.25, 0.3) is 0 Å². The molecule has 0 aliphatic rings. The number of nitrogens with one attached hydrogen (secondary N) is 1. The minimum atomic E-state index is 0.226. The van der Waals surface area contributed by atoms with Crippen LogP contribution in [-0.4, -0.2) is 20.3 Å². The van der Waals surface area contributed by atoms with E-state index in [-0.39, 0.29) is 5.95 Å². The first kappa shape index (κ1) is 7.53. The number of nitrogen functional groups attached to an aromatic ring is 1. The Kier molecular flexibility index (Phi) is 1.79. The van der Waals surface area contributed by atoms with Gasteiger partial charge in [-0.25, -0.2) is 0 Å². The normalized spacial score (nSPS) is 9.85. The Balaban J connectivity index is 2.20. The van der Waals surface area contributed by atoms with Gasteiger partial charge in [-0.1, -0.05) is 23.3 Å². The van der Waals surface area contributed by atoms with Crippen LogP contribution in [0.15, 0.2) is 30.3 Å². The summed E-state index contributed by atoms with van der Waals surface area (Å²) in [5.41, 5.74) is 9.24. The number of tetrazole rings is 1. The SMILES string of the molecule is Nc1nnnn1Nc1ccccc1. The largest absolute Gasteiger partial charge is 0.365 e. The zero-order valence-electron chi connectivity index (χ0n) is 6.75. The summed E-state index contributed by atoms with van der Waals surface area (Å²) in [4.78, 5) is 1.30. The summed E-state index contributed by atoms with van der Waals surface area (Å²) in [6, 6.07) is 9.52. The molecule has 6 nitrogen and oxygen atoms in total. The molecule has 0 bridgehead atoms. The van der Waals surface area contributed by atoms with Gasteiger partial charge in [0.05, 0.1) is 5.69 Å². The third kappa shape index (κ3) is 1.56. The Morgan fingerprint density at radius 2 is 2.00 bits per heavy atom. The highest BCUT2D eigenvalue weighted by atomic mass is 15.7. The van der Waals surface area contributed by atoms with Crippen molar-refractivity contribution in [1.29, 1.82) is 0 Å². The molecule has 6 heteroatoms. The third-order valence-corrected chi connectivity index (χ3v) is 1.50. The molecule has 0 amide bonds. The van der Waals surface area contributed by atoms with Gasteiger partial charge in [-0.15, -0.1) is 4.79 Å². The van der Waals surface area contributed by atoms with Gasteiger partial charge >= 0.3 is 0 Å². The van der Waals surface area contributed by atoms with Crippen LogP contribution in [0.5, 0.6) is 0 Å². The van der Waals surface area contributed by atoms with E-state index in [0.717, 1.165) is 5.69 Å². The maximum atomic E-state index is 5.45. The number of para-hydroxylation sites is 1. The van der Waals surface area contributed by atoms with Crippen molar-refractivity contribution < 1.29 is 0 Å². The molecule has 1 aromatic carbocycles. The molecule has 0 saturated carbocycles. The molecule has 1 aromatic heterocycles. The minimum absolute atomic E-state index is 0.226. The van der Waals surface area contributed by atoms with E-state index in [4.69, 9.17) is 5.73 Å². The van der Waals surface area contributed by atoms with Crippen molar-refractivity contribution >= 4 is 11.6 Å². The summed E-state index contributed by atoms with van der Waals surface area (Å²) in [5, 5.41) is 10.6. The van der Waals surface area contributed by atoms with Gasteiger partial charge in [0, 0.05) is 0 Å². The van der Waals surface area contributed by atoms with Crippen molar-refractivity contribution in [3.63, 3.8) is 0 Å². The van der Waals surface area contributed by atoms with E-state index in [1.54, 1.807) is 0 Å². The molecule has 1 heterocycles. The maximum Gasteiger partial charge on any atom is 0.260 e. The average molecular weight is 176 g/mol. The number of benzene rings is 1. The Morgan fingerprint density at radius 3 is 2.62 bits per heavy atom. The number of anilines is 2. The highest BCUT2D eigenvalue weighted by molar-refractivity contribution is 5.42. The molecule has 0 aliphatic carbocycles. The number of nitrogens with two attached hydrogens (primary N) is 1. The summed E-state index contributed by atoms with van der Waals surface area (Å²) in [7, 11) is 0. The van der Waals surface area contributed by atoms with E-state index in [0.29, 0.717) is 0 Å². The quantitative estimate of drug-likeness (QED) is 0.679. The summed E-state index contributed by atoms with van der Waals surface area (Å²) in [6.07, 6.45) is 0. The number of hydrogen-bond acceptors (Lipinski definition) is 5. The third-order valence-electron chi connectivity index (χ3n) is 1.50. The Morgan fingerprint density at radius 1 is 1.23 bits per heavy atom. The number of nitrogens with zero attached hydrogens (tertiary/aromatic N) is 4. The zero-order valence-corrected chi connectivity index (χ0v) is 6.75. The van der Waals surface area contributed by atoms with Crippen LogP contribution in [0.2, 0.25) is 0 Å². The van der Waals surface area contributed by atoms with Gasteiger partial charge in [0.25, 0.3) is 5.95 Å². The van der Waals surface area contributed by atoms with Gasteiger partial charge < -0.3 is 5.73 Å². The lowest BCUT2D eigenvalue weighted by atomic mass is 10.3. The highest BCUT2D eigenvalue weighted by Crippen LogP contribution is 2.05. The predicted octanol–water partition coefficient (Wildman–Crippen LogP) is 0.130. The fourth-order valence-corrected chi connectivity index (χ4v) is 0.909. The van der Waals surface area contributed by atoms with Gasteiger partial charge in [-0.2, -0.15) is 0 Å². The lowest BCUT2D eigenvalue weighted by Gasteiger charge is -2.03.